The van der Waals surface area contributed by atoms with Gasteiger partial charge in [-0.05, 0) is 80.3 Å². The summed E-state index contributed by atoms with van der Waals surface area (Å²) in [5.41, 5.74) is 3.01. The van der Waals surface area contributed by atoms with E-state index in [1.807, 2.05) is 26.0 Å². The van der Waals surface area contributed by atoms with Crippen LogP contribution in [0.3, 0.4) is 0 Å². The lowest BCUT2D eigenvalue weighted by Gasteiger charge is -2.23. The average molecular weight is 499 g/mol. The molecule has 0 bridgehead atoms. The minimum Gasteiger partial charge on any atom is -0.321 e. The summed E-state index contributed by atoms with van der Waals surface area (Å²) < 4.78 is 28.8. The summed E-state index contributed by atoms with van der Waals surface area (Å²) in [7, 11) is -3.70. The molecule has 5 nitrogen and oxygen atoms in total. The van der Waals surface area contributed by atoms with Crippen LogP contribution in [-0.2, 0) is 10.0 Å². The van der Waals surface area contributed by atoms with Crippen molar-refractivity contribution in [3.8, 4) is 0 Å². The molecule has 0 saturated heterocycles. The Morgan fingerprint density at radius 3 is 2.45 bits per heavy atom. The highest BCUT2D eigenvalue weighted by molar-refractivity contribution is 7.92. The first kappa shape index (κ1) is 23.3. The number of thiophene rings is 1. The van der Waals surface area contributed by atoms with Gasteiger partial charge < -0.3 is 5.32 Å². The number of hydrogen-bond donors (Lipinski definition) is 1. The van der Waals surface area contributed by atoms with Gasteiger partial charge in [-0.1, -0.05) is 35.4 Å². The van der Waals surface area contributed by atoms with Crippen molar-refractivity contribution in [1.29, 1.82) is 0 Å². The van der Waals surface area contributed by atoms with Gasteiger partial charge in [0.1, 0.15) is 0 Å². The second-order valence-corrected chi connectivity index (χ2v) is 11.0. The summed E-state index contributed by atoms with van der Waals surface area (Å²) >= 11 is 7.51. The van der Waals surface area contributed by atoms with Crippen LogP contribution >= 0.6 is 22.9 Å². The fraction of sp³-hybridized carbons (Fsp3) is 0.160. The number of carbonyl (C=O) groups excluding carboxylic acids is 1. The molecule has 0 fully saturated rings. The van der Waals surface area contributed by atoms with E-state index in [1.165, 1.54) is 15.6 Å². The van der Waals surface area contributed by atoms with Gasteiger partial charge in [0.15, 0.2) is 0 Å². The molecule has 1 heterocycles. The molecule has 0 radical (unpaired) electrons. The fourth-order valence-electron chi connectivity index (χ4n) is 3.55. The van der Waals surface area contributed by atoms with Gasteiger partial charge >= 0.3 is 0 Å². The minimum atomic E-state index is -3.70. The quantitative estimate of drug-likeness (QED) is 0.324. The van der Waals surface area contributed by atoms with Crippen molar-refractivity contribution in [2.24, 2.45) is 0 Å². The maximum atomic E-state index is 13.2. The van der Waals surface area contributed by atoms with E-state index in [0.29, 0.717) is 21.3 Å². The molecule has 1 amide bonds. The molecule has 33 heavy (non-hydrogen) atoms. The van der Waals surface area contributed by atoms with Crippen LogP contribution in [0, 0.1) is 13.8 Å². The Kier molecular flexibility index (Phi) is 6.47. The zero-order valence-corrected chi connectivity index (χ0v) is 20.8. The molecular formula is C25H23ClN2O3S2. The van der Waals surface area contributed by atoms with Crippen LogP contribution in [0.2, 0.25) is 5.02 Å². The maximum absolute atomic E-state index is 13.2. The highest BCUT2D eigenvalue weighted by Crippen LogP contribution is 2.32. The molecule has 0 atom stereocenters. The van der Waals surface area contributed by atoms with Crippen LogP contribution in [0.1, 0.15) is 27.7 Å². The lowest BCUT2D eigenvalue weighted by Crippen LogP contribution is -2.30. The summed E-state index contributed by atoms with van der Waals surface area (Å²) in [4.78, 5) is 13.6. The van der Waals surface area contributed by atoms with Crippen LogP contribution in [-0.4, -0.2) is 20.9 Å². The van der Waals surface area contributed by atoms with Gasteiger partial charge in [-0.15, -0.1) is 11.3 Å². The first-order valence-electron chi connectivity index (χ1n) is 10.4. The van der Waals surface area contributed by atoms with Crippen molar-refractivity contribution < 1.29 is 13.2 Å². The Morgan fingerprint density at radius 2 is 1.76 bits per heavy atom. The molecule has 4 aromatic rings. The number of sulfonamides is 1. The number of nitrogens with one attached hydrogen (secondary N) is 1. The van der Waals surface area contributed by atoms with Crippen LogP contribution in [0.5, 0.6) is 0 Å². The summed E-state index contributed by atoms with van der Waals surface area (Å²) in [5, 5.41) is 4.30. The number of aryl methyl sites for hydroxylation is 1. The number of anilines is 2. The summed E-state index contributed by atoms with van der Waals surface area (Å²) in [6, 6.07) is 19.4. The number of nitrogens with zero attached hydrogens (tertiary/aromatic N) is 1. The molecule has 4 rings (SSSR count). The van der Waals surface area contributed by atoms with Gasteiger partial charge in [0.05, 0.1) is 15.5 Å². The molecule has 1 N–H and O–H groups in total. The molecule has 8 heteroatoms. The van der Waals surface area contributed by atoms with Crippen molar-refractivity contribution in [2.45, 2.75) is 25.7 Å². The Morgan fingerprint density at radius 1 is 1.03 bits per heavy atom. The number of fused-ring (bicyclic) bond motifs is 1. The minimum absolute atomic E-state index is 0.234. The number of benzene rings is 3. The summed E-state index contributed by atoms with van der Waals surface area (Å²) in [6.07, 6.45) is 0. The highest BCUT2D eigenvalue weighted by Gasteiger charge is 2.24. The van der Waals surface area contributed by atoms with Crippen LogP contribution in [0.4, 0.5) is 11.4 Å². The van der Waals surface area contributed by atoms with E-state index in [9.17, 15) is 13.2 Å². The first-order valence-corrected chi connectivity index (χ1v) is 13.0. The highest BCUT2D eigenvalue weighted by atomic mass is 35.5. The predicted octanol–water partition coefficient (Wildman–Crippen LogP) is 6.64. The van der Waals surface area contributed by atoms with Gasteiger partial charge in [0.25, 0.3) is 15.9 Å². The van der Waals surface area contributed by atoms with E-state index < -0.39 is 10.0 Å². The van der Waals surface area contributed by atoms with E-state index in [4.69, 9.17) is 11.6 Å². The second kappa shape index (κ2) is 9.17. The van der Waals surface area contributed by atoms with Crippen LogP contribution in [0.25, 0.3) is 10.1 Å². The smallest absolute Gasteiger partial charge is 0.265 e. The molecule has 3 aromatic carbocycles. The SMILES string of the molecule is CCN(c1ccc2sc(C(=O)Nc3cccc(Cl)c3C)cc2c1)S(=O)(=O)c1ccc(C)cc1. The van der Waals surface area contributed by atoms with Crippen LogP contribution < -0.4 is 9.62 Å². The summed E-state index contributed by atoms with van der Waals surface area (Å²) in [6.45, 7) is 5.85. The average Bonchev–Trinajstić information content (AvgIpc) is 3.21. The monoisotopic (exact) mass is 498 g/mol. The molecule has 0 aliphatic rings. The Bertz CT molecular complexity index is 1440. The van der Waals surface area contributed by atoms with Crippen molar-refractivity contribution in [3.05, 3.63) is 87.8 Å². The number of rotatable bonds is 6. The van der Waals surface area contributed by atoms with Gasteiger partial charge in [-0.25, -0.2) is 8.42 Å². The van der Waals surface area contributed by atoms with E-state index in [2.05, 4.69) is 5.32 Å². The van der Waals surface area contributed by atoms with Crippen molar-refractivity contribution in [2.75, 3.05) is 16.2 Å². The third-order valence-electron chi connectivity index (χ3n) is 5.42. The molecule has 0 spiro atoms. The van der Waals surface area contributed by atoms with E-state index in [-0.39, 0.29) is 17.3 Å². The molecule has 0 unspecified atom stereocenters. The largest absolute Gasteiger partial charge is 0.321 e. The Hall–Kier alpha value is -2.87. The Balaban J connectivity index is 1.65. The molecular weight excluding hydrogens is 476 g/mol. The topological polar surface area (TPSA) is 66.5 Å². The molecule has 1 aromatic heterocycles. The molecule has 170 valence electrons. The third-order valence-corrected chi connectivity index (χ3v) is 8.87. The van der Waals surface area contributed by atoms with Gasteiger partial charge in [0.2, 0.25) is 0 Å². The summed E-state index contributed by atoms with van der Waals surface area (Å²) in [5.74, 6) is -0.234. The number of halogens is 1. The third kappa shape index (κ3) is 4.62. The first-order chi connectivity index (χ1) is 15.7. The lowest BCUT2D eigenvalue weighted by atomic mass is 10.2. The fourth-order valence-corrected chi connectivity index (χ4v) is 6.13. The lowest BCUT2D eigenvalue weighted by molar-refractivity contribution is 0.103. The van der Waals surface area contributed by atoms with Crippen molar-refractivity contribution >= 4 is 60.3 Å². The number of hydrogen-bond acceptors (Lipinski definition) is 4. The van der Waals surface area contributed by atoms with Gasteiger partial charge in [-0.3, -0.25) is 9.10 Å². The zero-order valence-electron chi connectivity index (χ0n) is 18.4. The van der Waals surface area contributed by atoms with Gasteiger partial charge in [0, 0.05) is 22.0 Å². The molecule has 0 aliphatic heterocycles. The second-order valence-electron chi connectivity index (χ2n) is 7.68. The normalized spacial score (nSPS) is 11.5. The maximum Gasteiger partial charge on any atom is 0.265 e. The van der Waals surface area contributed by atoms with E-state index in [1.54, 1.807) is 61.5 Å². The van der Waals surface area contributed by atoms with E-state index >= 15 is 0 Å². The van der Waals surface area contributed by atoms with Crippen molar-refractivity contribution in [3.63, 3.8) is 0 Å². The number of amides is 1. The van der Waals surface area contributed by atoms with Gasteiger partial charge in [-0.2, -0.15) is 0 Å². The van der Waals surface area contributed by atoms with Crippen molar-refractivity contribution in [1.82, 2.24) is 0 Å². The Labute approximate surface area is 202 Å². The number of carbonyl (C=O) groups is 1. The predicted molar refractivity (Wildman–Crippen MR) is 137 cm³/mol. The molecule has 0 saturated carbocycles. The van der Waals surface area contributed by atoms with Crippen LogP contribution in [0.15, 0.2) is 71.6 Å². The van der Waals surface area contributed by atoms with E-state index in [0.717, 1.165) is 21.2 Å². The molecule has 0 aliphatic carbocycles. The zero-order chi connectivity index (χ0) is 23.8. The standard InChI is InChI=1S/C25H23ClN2O3S2/c1-4-28(33(30,31)20-11-8-16(2)9-12-20)19-10-13-23-18(14-19)15-24(32-23)25(29)27-22-7-5-6-21(26)17(22)3/h5-15H,4H2,1-3H3,(H,27,29).